The van der Waals surface area contributed by atoms with E-state index in [9.17, 15) is 0 Å². The van der Waals surface area contributed by atoms with Crippen LogP contribution in [0.15, 0.2) is 11.8 Å². The van der Waals surface area contributed by atoms with Crippen LogP contribution in [-0.4, -0.2) is 12.6 Å². The van der Waals surface area contributed by atoms with Crippen molar-refractivity contribution in [1.82, 2.24) is 5.43 Å². The summed E-state index contributed by atoms with van der Waals surface area (Å²) in [4.78, 5) is 0. The van der Waals surface area contributed by atoms with Gasteiger partial charge in [0.15, 0.2) is 0 Å². The molecular formula is C11H20N2O. The quantitative estimate of drug-likeness (QED) is 0.533. The minimum absolute atomic E-state index is 0.262. The average Bonchev–Trinajstić information content (AvgIpc) is 2.74. The molecular weight excluding hydrogens is 176 g/mol. The second-order valence-corrected chi connectivity index (χ2v) is 4.29. The van der Waals surface area contributed by atoms with Crippen LogP contribution in [0.4, 0.5) is 0 Å². The van der Waals surface area contributed by atoms with Gasteiger partial charge in [-0.2, -0.15) is 0 Å². The van der Waals surface area contributed by atoms with E-state index in [-0.39, 0.29) is 6.04 Å². The number of hydrogen-bond acceptors (Lipinski definition) is 3. The minimum Gasteiger partial charge on any atom is -0.496 e. The van der Waals surface area contributed by atoms with Gasteiger partial charge in [-0.1, -0.05) is 19.3 Å². The van der Waals surface area contributed by atoms with Crippen LogP contribution in [0.2, 0.25) is 0 Å². The Bertz CT molecular complexity index is 209. The van der Waals surface area contributed by atoms with E-state index in [0.717, 1.165) is 18.8 Å². The number of rotatable bonds is 3. The normalized spacial score (nSPS) is 25.6. The van der Waals surface area contributed by atoms with Crippen molar-refractivity contribution in [3.8, 4) is 0 Å². The van der Waals surface area contributed by atoms with Crippen molar-refractivity contribution in [3.05, 3.63) is 11.8 Å². The highest BCUT2D eigenvalue weighted by atomic mass is 16.5. The lowest BCUT2D eigenvalue weighted by atomic mass is 9.83. The molecule has 0 saturated heterocycles. The minimum atomic E-state index is 0.262. The molecule has 1 aliphatic carbocycles. The van der Waals surface area contributed by atoms with Gasteiger partial charge < -0.3 is 4.74 Å². The molecule has 3 N–H and O–H groups in total. The molecule has 1 unspecified atom stereocenters. The third kappa shape index (κ3) is 2.10. The van der Waals surface area contributed by atoms with Crippen LogP contribution in [-0.2, 0) is 4.74 Å². The summed E-state index contributed by atoms with van der Waals surface area (Å²) < 4.78 is 5.58. The Morgan fingerprint density at radius 3 is 2.71 bits per heavy atom. The van der Waals surface area contributed by atoms with E-state index in [0.29, 0.717) is 5.92 Å². The molecule has 0 radical (unpaired) electrons. The molecule has 0 bridgehead atoms. The number of nitrogens with one attached hydrogen (secondary N) is 1. The first-order valence-electron chi connectivity index (χ1n) is 5.71. The summed E-state index contributed by atoms with van der Waals surface area (Å²) in [6, 6.07) is 0.262. The molecule has 1 atom stereocenters. The van der Waals surface area contributed by atoms with Crippen molar-refractivity contribution < 1.29 is 4.74 Å². The highest BCUT2D eigenvalue weighted by Crippen LogP contribution is 2.30. The SMILES string of the molecule is NNC(C1=CCCO1)C1CCCCC1. The van der Waals surface area contributed by atoms with Gasteiger partial charge in [-0.3, -0.25) is 5.84 Å². The van der Waals surface area contributed by atoms with Crippen LogP contribution in [0.5, 0.6) is 0 Å². The molecule has 1 fully saturated rings. The zero-order chi connectivity index (χ0) is 9.80. The topological polar surface area (TPSA) is 47.3 Å². The Morgan fingerprint density at radius 2 is 2.14 bits per heavy atom. The van der Waals surface area contributed by atoms with Gasteiger partial charge in [-0.05, 0) is 24.8 Å². The molecule has 14 heavy (non-hydrogen) atoms. The molecule has 0 aromatic rings. The molecule has 2 rings (SSSR count). The Balaban J connectivity index is 1.96. The summed E-state index contributed by atoms with van der Waals surface area (Å²) in [5, 5.41) is 0. The zero-order valence-electron chi connectivity index (χ0n) is 8.67. The predicted molar refractivity (Wildman–Crippen MR) is 56.3 cm³/mol. The monoisotopic (exact) mass is 196 g/mol. The smallest absolute Gasteiger partial charge is 0.111 e. The number of hydrazine groups is 1. The van der Waals surface area contributed by atoms with E-state index in [1.165, 1.54) is 32.1 Å². The third-order valence-corrected chi connectivity index (χ3v) is 3.34. The summed E-state index contributed by atoms with van der Waals surface area (Å²) >= 11 is 0. The molecule has 80 valence electrons. The van der Waals surface area contributed by atoms with E-state index in [1.54, 1.807) is 0 Å². The molecule has 0 spiro atoms. The van der Waals surface area contributed by atoms with Gasteiger partial charge >= 0.3 is 0 Å². The van der Waals surface area contributed by atoms with Crippen LogP contribution in [0.3, 0.4) is 0 Å². The highest BCUT2D eigenvalue weighted by Gasteiger charge is 2.27. The standard InChI is InChI=1S/C11H20N2O/c12-13-11(10-7-4-8-14-10)9-5-2-1-3-6-9/h7,9,11,13H,1-6,8,12H2. The maximum Gasteiger partial charge on any atom is 0.111 e. The fourth-order valence-corrected chi connectivity index (χ4v) is 2.57. The molecule has 1 saturated carbocycles. The zero-order valence-corrected chi connectivity index (χ0v) is 8.67. The molecule has 3 nitrogen and oxygen atoms in total. The van der Waals surface area contributed by atoms with Crippen LogP contribution >= 0.6 is 0 Å². The number of ether oxygens (including phenoxy) is 1. The van der Waals surface area contributed by atoms with Crippen molar-refractivity contribution in [2.75, 3.05) is 6.61 Å². The maximum absolute atomic E-state index is 5.61. The molecule has 3 heteroatoms. The Morgan fingerprint density at radius 1 is 1.36 bits per heavy atom. The fourth-order valence-electron chi connectivity index (χ4n) is 2.57. The van der Waals surface area contributed by atoms with Gasteiger partial charge in [-0.15, -0.1) is 0 Å². The molecule has 0 aromatic heterocycles. The Hall–Kier alpha value is -0.540. The van der Waals surface area contributed by atoms with Gasteiger partial charge in [0.2, 0.25) is 0 Å². The second kappa shape index (κ2) is 4.80. The lowest BCUT2D eigenvalue weighted by Gasteiger charge is -2.30. The van der Waals surface area contributed by atoms with E-state index in [2.05, 4.69) is 11.5 Å². The van der Waals surface area contributed by atoms with E-state index >= 15 is 0 Å². The summed E-state index contributed by atoms with van der Waals surface area (Å²) in [6.45, 7) is 0.834. The van der Waals surface area contributed by atoms with E-state index in [4.69, 9.17) is 10.6 Å². The Kier molecular flexibility index (Phi) is 3.43. The van der Waals surface area contributed by atoms with Crippen molar-refractivity contribution in [2.45, 2.75) is 44.6 Å². The maximum atomic E-state index is 5.61. The summed E-state index contributed by atoms with van der Waals surface area (Å²) in [6.07, 6.45) is 9.87. The lowest BCUT2D eigenvalue weighted by molar-refractivity contribution is 0.176. The lowest BCUT2D eigenvalue weighted by Crippen LogP contribution is -2.43. The van der Waals surface area contributed by atoms with Crippen molar-refractivity contribution in [2.24, 2.45) is 11.8 Å². The molecule has 0 amide bonds. The molecule has 1 heterocycles. The van der Waals surface area contributed by atoms with Crippen molar-refractivity contribution in [3.63, 3.8) is 0 Å². The van der Waals surface area contributed by atoms with E-state index in [1.807, 2.05) is 0 Å². The summed E-state index contributed by atoms with van der Waals surface area (Å²) in [5.41, 5.74) is 2.92. The highest BCUT2D eigenvalue weighted by molar-refractivity contribution is 5.08. The summed E-state index contributed by atoms with van der Waals surface area (Å²) in [5.74, 6) is 7.37. The first-order chi connectivity index (χ1) is 6.92. The van der Waals surface area contributed by atoms with Gasteiger partial charge in [0.25, 0.3) is 0 Å². The number of nitrogens with two attached hydrogens (primary N) is 1. The molecule has 1 aliphatic heterocycles. The summed E-state index contributed by atoms with van der Waals surface area (Å²) in [7, 11) is 0. The van der Waals surface area contributed by atoms with Crippen LogP contribution < -0.4 is 11.3 Å². The van der Waals surface area contributed by atoms with Crippen LogP contribution in [0.25, 0.3) is 0 Å². The molecule has 0 aromatic carbocycles. The second-order valence-electron chi connectivity index (χ2n) is 4.29. The van der Waals surface area contributed by atoms with Crippen LogP contribution in [0, 0.1) is 5.92 Å². The van der Waals surface area contributed by atoms with E-state index < -0.39 is 0 Å². The predicted octanol–water partition coefficient (Wildman–Crippen LogP) is 1.70. The largest absolute Gasteiger partial charge is 0.496 e. The average molecular weight is 196 g/mol. The van der Waals surface area contributed by atoms with Crippen LogP contribution in [0.1, 0.15) is 38.5 Å². The first kappa shape index (κ1) is 9.99. The van der Waals surface area contributed by atoms with Gasteiger partial charge in [0.05, 0.1) is 12.6 Å². The van der Waals surface area contributed by atoms with Crippen molar-refractivity contribution in [1.29, 1.82) is 0 Å². The molecule has 2 aliphatic rings. The third-order valence-electron chi connectivity index (χ3n) is 3.34. The Labute approximate surface area is 85.7 Å². The first-order valence-corrected chi connectivity index (χ1v) is 5.71. The number of hydrogen-bond donors (Lipinski definition) is 2. The van der Waals surface area contributed by atoms with Gasteiger partial charge in [0, 0.05) is 6.42 Å². The van der Waals surface area contributed by atoms with Crippen molar-refractivity contribution >= 4 is 0 Å². The van der Waals surface area contributed by atoms with Gasteiger partial charge in [-0.25, -0.2) is 5.43 Å². The fraction of sp³-hybridized carbons (Fsp3) is 0.818. The van der Waals surface area contributed by atoms with Gasteiger partial charge in [0.1, 0.15) is 5.76 Å².